The zero-order valence-corrected chi connectivity index (χ0v) is 12.7. The van der Waals surface area contributed by atoms with Gasteiger partial charge in [-0.15, -0.1) is 0 Å². The Kier molecular flexibility index (Phi) is 3.71. The molecule has 2 aliphatic rings. The van der Waals surface area contributed by atoms with E-state index in [1.165, 1.54) is 0 Å². The van der Waals surface area contributed by atoms with Gasteiger partial charge in [0, 0.05) is 6.54 Å². The van der Waals surface area contributed by atoms with Crippen molar-refractivity contribution in [2.45, 2.75) is 38.3 Å². The predicted octanol–water partition coefficient (Wildman–Crippen LogP) is 2.90. The number of hydrogen-bond acceptors (Lipinski definition) is 4. The van der Waals surface area contributed by atoms with Crippen LogP contribution < -0.4 is 9.47 Å². The number of hydrogen-bond donors (Lipinski definition) is 1. The Bertz CT molecular complexity index is 577. The fraction of sp³-hybridized carbons (Fsp3) is 0.533. The molecule has 0 spiro atoms. The summed E-state index contributed by atoms with van der Waals surface area (Å²) in [6.07, 6.45) is 2.19. The van der Waals surface area contributed by atoms with Gasteiger partial charge in [-0.3, -0.25) is 9.69 Å². The van der Waals surface area contributed by atoms with Crippen LogP contribution in [0.2, 0.25) is 5.02 Å². The van der Waals surface area contributed by atoms with Crippen LogP contribution in [0.1, 0.15) is 31.7 Å². The quantitative estimate of drug-likeness (QED) is 0.926. The monoisotopic (exact) mass is 311 g/mol. The predicted molar refractivity (Wildman–Crippen MR) is 77.9 cm³/mol. The van der Waals surface area contributed by atoms with Gasteiger partial charge in [-0.25, -0.2) is 0 Å². The molecule has 2 aliphatic heterocycles. The number of ether oxygens (including phenoxy) is 2. The maximum absolute atomic E-state index is 11.7. The largest absolute Gasteiger partial charge is 0.480 e. The van der Waals surface area contributed by atoms with Crippen LogP contribution in [-0.4, -0.2) is 34.9 Å². The molecule has 0 aromatic heterocycles. The van der Waals surface area contributed by atoms with Crippen LogP contribution >= 0.6 is 11.6 Å². The van der Waals surface area contributed by atoms with Gasteiger partial charge in [0.25, 0.3) is 0 Å². The molecule has 1 N–H and O–H groups in total. The van der Waals surface area contributed by atoms with Crippen LogP contribution in [0, 0.1) is 0 Å². The number of carboxylic acids is 1. The van der Waals surface area contributed by atoms with Crippen LogP contribution in [0.5, 0.6) is 11.5 Å². The van der Waals surface area contributed by atoms with Crippen molar-refractivity contribution >= 4 is 17.6 Å². The summed E-state index contributed by atoms with van der Waals surface area (Å²) in [7, 11) is 0. The van der Waals surface area contributed by atoms with E-state index >= 15 is 0 Å². The second-order valence-electron chi connectivity index (χ2n) is 5.53. The summed E-state index contributed by atoms with van der Waals surface area (Å²) in [6.45, 7) is 3.44. The number of benzene rings is 1. The number of carbonyl (C=O) groups is 1. The Morgan fingerprint density at radius 1 is 1.48 bits per heavy atom. The molecule has 0 saturated carbocycles. The van der Waals surface area contributed by atoms with Gasteiger partial charge >= 0.3 is 5.97 Å². The van der Waals surface area contributed by atoms with E-state index in [0.29, 0.717) is 35.9 Å². The molecule has 1 atom stereocenters. The molecule has 1 aromatic carbocycles. The molecule has 0 bridgehead atoms. The molecule has 1 saturated heterocycles. The Morgan fingerprint density at radius 3 is 3.00 bits per heavy atom. The van der Waals surface area contributed by atoms with Gasteiger partial charge in [0.1, 0.15) is 5.54 Å². The van der Waals surface area contributed by atoms with E-state index in [-0.39, 0.29) is 6.79 Å². The van der Waals surface area contributed by atoms with Crippen molar-refractivity contribution in [2.75, 3.05) is 13.3 Å². The molecule has 0 amide bonds. The van der Waals surface area contributed by atoms with Gasteiger partial charge in [0.05, 0.1) is 5.02 Å². The average Bonchev–Trinajstić information content (AvgIpc) is 3.06. The second kappa shape index (κ2) is 5.39. The fourth-order valence-electron chi connectivity index (χ4n) is 3.29. The summed E-state index contributed by atoms with van der Waals surface area (Å²) in [6, 6.07) is 3.71. The molecule has 1 fully saturated rings. The number of likely N-dealkylation sites (tertiary alicyclic amines) is 1. The lowest BCUT2D eigenvalue weighted by Crippen LogP contribution is -2.49. The standard InChI is InChI=1S/C15H18ClNO4/c1-2-15(14(18)19)4-3-5-17(15)8-10-6-11(16)13-12(7-10)20-9-21-13/h6-7H,2-5,8-9H2,1H3,(H,18,19). The second-order valence-corrected chi connectivity index (χ2v) is 5.93. The summed E-state index contributed by atoms with van der Waals surface area (Å²) in [5.41, 5.74) is 0.188. The van der Waals surface area contributed by atoms with Gasteiger partial charge in [-0.1, -0.05) is 18.5 Å². The first-order chi connectivity index (χ1) is 10.1. The third-order valence-corrected chi connectivity index (χ3v) is 4.75. The number of aliphatic carboxylic acids is 1. The van der Waals surface area contributed by atoms with E-state index in [9.17, 15) is 9.90 Å². The summed E-state index contributed by atoms with van der Waals surface area (Å²) in [5, 5.41) is 10.1. The van der Waals surface area contributed by atoms with Crippen LogP contribution in [-0.2, 0) is 11.3 Å². The number of halogens is 1. The van der Waals surface area contributed by atoms with E-state index in [2.05, 4.69) is 0 Å². The van der Waals surface area contributed by atoms with Crippen LogP contribution in [0.3, 0.4) is 0 Å². The molecule has 3 rings (SSSR count). The van der Waals surface area contributed by atoms with Crippen molar-refractivity contribution in [1.29, 1.82) is 0 Å². The van der Waals surface area contributed by atoms with Gasteiger partial charge < -0.3 is 14.6 Å². The fourth-order valence-corrected chi connectivity index (χ4v) is 3.58. The lowest BCUT2D eigenvalue weighted by molar-refractivity contribution is -0.150. The third kappa shape index (κ3) is 2.34. The summed E-state index contributed by atoms with van der Waals surface area (Å²) >= 11 is 6.19. The van der Waals surface area contributed by atoms with E-state index in [0.717, 1.165) is 18.5 Å². The van der Waals surface area contributed by atoms with Crippen molar-refractivity contribution < 1.29 is 19.4 Å². The van der Waals surface area contributed by atoms with Crippen molar-refractivity contribution in [1.82, 2.24) is 4.90 Å². The minimum atomic E-state index is -0.761. The number of rotatable bonds is 4. The highest BCUT2D eigenvalue weighted by Crippen LogP contribution is 2.41. The number of fused-ring (bicyclic) bond motifs is 1. The molecule has 2 heterocycles. The highest BCUT2D eigenvalue weighted by Gasteiger charge is 2.46. The summed E-state index contributed by atoms with van der Waals surface area (Å²) in [5.74, 6) is 0.463. The lowest BCUT2D eigenvalue weighted by Gasteiger charge is -2.34. The summed E-state index contributed by atoms with van der Waals surface area (Å²) < 4.78 is 10.7. The first-order valence-corrected chi connectivity index (χ1v) is 7.51. The molecular weight excluding hydrogens is 294 g/mol. The number of carboxylic acid groups (broad SMARTS) is 1. The van der Waals surface area contributed by atoms with E-state index < -0.39 is 11.5 Å². The Morgan fingerprint density at radius 2 is 2.29 bits per heavy atom. The van der Waals surface area contributed by atoms with Crippen molar-refractivity contribution in [3.05, 3.63) is 22.7 Å². The molecule has 5 nitrogen and oxygen atoms in total. The van der Waals surface area contributed by atoms with Crippen molar-refractivity contribution in [2.24, 2.45) is 0 Å². The van der Waals surface area contributed by atoms with E-state index in [4.69, 9.17) is 21.1 Å². The Hall–Kier alpha value is -1.46. The Labute approximate surface area is 128 Å². The number of nitrogens with zero attached hydrogens (tertiary/aromatic N) is 1. The lowest BCUT2D eigenvalue weighted by atomic mass is 9.92. The van der Waals surface area contributed by atoms with Gasteiger partial charge in [-0.2, -0.15) is 0 Å². The SMILES string of the molecule is CCC1(C(=O)O)CCCN1Cc1cc(Cl)c2c(c1)OCO2. The minimum absolute atomic E-state index is 0.177. The molecular formula is C15H18ClNO4. The minimum Gasteiger partial charge on any atom is -0.480 e. The molecule has 1 aromatic rings. The molecule has 0 radical (unpaired) electrons. The highest BCUT2D eigenvalue weighted by atomic mass is 35.5. The molecule has 21 heavy (non-hydrogen) atoms. The van der Waals surface area contributed by atoms with Crippen molar-refractivity contribution in [3.8, 4) is 11.5 Å². The van der Waals surface area contributed by atoms with Crippen LogP contribution in [0.4, 0.5) is 0 Å². The van der Waals surface area contributed by atoms with Gasteiger partial charge in [-0.05, 0) is 43.5 Å². The molecule has 0 aliphatic carbocycles. The normalized spacial score (nSPS) is 24.5. The maximum atomic E-state index is 11.7. The molecule has 114 valence electrons. The summed E-state index contributed by atoms with van der Waals surface area (Å²) in [4.78, 5) is 13.7. The van der Waals surface area contributed by atoms with E-state index in [1.807, 2.05) is 24.0 Å². The zero-order chi connectivity index (χ0) is 15.0. The molecule has 6 heteroatoms. The van der Waals surface area contributed by atoms with Gasteiger partial charge in [0.15, 0.2) is 11.5 Å². The first-order valence-electron chi connectivity index (χ1n) is 7.13. The average molecular weight is 312 g/mol. The van der Waals surface area contributed by atoms with Crippen LogP contribution in [0.25, 0.3) is 0 Å². The maximum Gasteiger partial charge on any atom is 0.324 e. The van der Waals surface area contributed by atoms with Gasteiger partial charge in [0.2, 0.25) is 6.79 Å². The van der Waals surface area contributed by atoms with Crippen molar-refractivity contribution in [3.63, 3.8) is 0 Å². The highest BCUT2D eigenvalue weighted by molar-refractivity contribution is 6.32. The third-order valence-electron chi connectivity index (χ3n) is 4.47. The zero-order valence-electron chi connectivity index (χ0n) is 11.9. The Balaban J connectivity index is 1.86. The topological polar surface area (TPSA) is 59.0 Å². The van der Waals surface area contributed by atoms with E-state index in [1.54, 1.807) is 0 Å². The smallest absolute Gasteiger partial charge is 0.324 e. The molecule has 1 unspecified atom stereocenters. The first kappa shape index (κ1) is 14.5. The van der Waals surface area contributed by atoms with Crippen LogP contribution in [0.15, 0.2) is 12.1 Å².